The summed E-state index contributed by atoms with van der Waals surface area (Å²) in [5.41, 5.74) is -1.29. The van der Waals surface area contributed by atoms with E-state index in [0.29, 0.717) is 0 Å². The van der Waals surface area contributed by atoms with Crippen molar-refractivity contribution >= 4 is 0 Å². The van der Waals surface area contributed by atoms with Gasteiger partial charge in [-0.2, -0.15) is 0 Å². The Morgan fingerprint density at radius 1 is 1.07 bits per heavy atom. The average Bonchev–Trinajstić information content (AvgIpc) is 2.11. The minimum Gasteiger partial charge on any atom is -0.370 e. The standard InChI is InChI=1S/C11H19NO2/c1-9-5-3-7-12-8-4-6-10(2,14-9)11(9,12)13/h13H,3-8H2,1-2H3/t9-,10-/m1/s1. The van der Waals surface area contributed by atoms with Crippen molar-refractivity contribution in [3.63, 3.8) is 0 Å². The molecule has 3 nitrogen and oxygen atoms in total. The Morgan fingerprint density at radius 2 is 1.57 bits per heavy atom. The first-order chi connectivity index (χ1) is 6.52. The number of rotatable bonds is 0. The largest absolute Gasteiger partial charge is 0.370 e. The van der Waals surface area contributed by atoms with E-state index in [0.717, 1.165) is 38.8 Å². The van der Waals surface area contributed by atoms with Crippen LogP contribution in [0.4, 0.5) is 0 Å². The molecule has 0 saturated carbocycles. The van der Waals surface area contributed by atoms with Gasteiger partial charge in [0, 0.05) is 13.1 Å². The highest BCUT2D eigenvalue weighted by Gasteiger charge is 2.75. The third-order valence-electron chi connectivity index (χ3n) is 4.55. The number of hydrogen-bond donors (Lipinski definition) is 1. The lowest BCUT2D eigenvalue weighted by Crippen LogP contribution is -2.88. The van der Waals surface area contributed by atoms with Gasteiger partial charge in [0.2, 0.25) is 0 Å². The van der Waals surface area contributed by atoms with E-state index in [1.165, 1.54) is 0 Å². The van der Waals surface area contributed by atoms with Gasteiger partial charge >= 0.3 is 0 Å². The van der Waals surface area contributed by atoms with Crippen LogP contribution in [-0.2, 0) is 4.74 Å². The van der Waals surface area contributed by atoms with Crippen molar-refractivity contribution in [3.05, 3.63) is 0 Å². The summed E-state index contributed by atoms with van der Waals surface area (Å²) in [6, 6.07) is 0. The molecule has 14 heavy (non-hydrogen) atoms. The van der Waals surface area contributed by atoms with Crippen LogP contribution >= 0.6 is 0 Å². The molecule has 2 atom stereocenters. The van der Waals surface area contributed by atoms with Gasteiger partial charge in [-0.05, 0) is 39.5 Å². The molecule has 0 aromatic carbocycles. The van der Waals surface area contributed by atoms with E-state index < -0.39 is 5.72 Å². The molecular weight excluding hydrogens is 178 g/mol. The molecular formula is C11H19NO2. The second-order valence-electron chi connectivity index (χ2n) is 5.43. The van der Waals surface area contributed by atoms with E-state index >= 15 is 0 Å². The molecule has 3 heteroatoms. The smallest absolute Gasteiger partial charge is 0.176 e. The number of ether oxygens (including phenoxy) is 1. The lowest BCUT2D eigenvalue weighted by molar-refractivity contribution is -0.463. The summed E-state index contributed by atoms with van der Waals surface area (Å²) in [5.74, 6) is 0. The van der Waals surface area contributed by atoms with Crippen molar-refractivity contribution in [2.24, 2.45) is 0 Å². The van der Waals surface area contributed by atoms with Crippen LogP contribution in [0.1, 0.15) is 39.5 Å². The highest BCUT2D eigenvalue weighted by atomic mass is 16.6. The van der Waals surface area contributed by atoms with E-state index in [1.54, 1.807) is 0 Å². The number of nitrogens with zero attached hydrogens (tertiary/aromatic N) is 1. The topological polar surface area (TPSA) is 32.7 Å². The highest BCUT2D eigenvalue weighted by Crippen LogP contribution is 2.60. The van der Waals surface area contributed by atoms with E-state index in [1.807, 2.05) is 0 Å². The van der Waals surface area contributed by atoms with Crippen molar-refractivity contribution in [1.29, 1.82) is 0 Å². The molecule has 3 heterocycles. The van der Waals surface area contributed by atoms with Crippen LogP contribution in [-0.4, -0.2) is 40.0 Å². The van der Waals surface area contributed by atoms with Gasteiger partial charge in [0.1, 0.15) is 11.2 Å². The zero-order valence-electron chi connectivity index (χ0n) is 9.05. The first kappa shape index (κ1) is 9.13. The minimum atomic E-state index is -0.684. The predicted octanol–water partition coefficient (Wildman–Crippen LogP) is 1.11. The number of piperidine rings is 2. The maximum Gasteiger partial charge on any atom is 0.176 e. The van der Waals surface area contributed by atoms with Crippen LogP contribution in [0.5, 0.6) is 0 Å². The zero-order chi connectivity index (χ0) is 10.0. The second-order valence-corrected chi connectivity index (χ2v) is 5.43. The number of hydrogen-bond acceptors (Lipinski definition) is 3. The molecule has 0 bridgehead atoms. The quantitative estimate of drug-likeness (QED) is 0.631. The van der Waals surface area contributed by atoms with E-state index in [-0.39, 0.29) is 11.2 Å². The molecule has 3 rings (SSSR count). The van der Waals surface area contributed by atoms with Crippen molar-refractivity contribution in [2.75, 3.05) is 13.1 Å². The average molecular weight is 197 g/mol. The van der Waals surface area contributed by atoms with Crippen LogP contribution in [0.2, 0.25) is 0 Å². The van der Waals surface area contributed by atoms with Crippen LogP contribution in [0, 0.1) is 0 Å². The predicted molar refractivity (Wildman–Crippen MR) is 52.9 cm³/mol. The van der Waals surface area contributed by atoms with Gasteiger partial charge in [0.15, 0.2) is 5.72 Å². The SMILES string of the molecule is C[C@]12CCCN3CCC[C@@](C)(O1)C32O. The maximum absolute atomic E-state index is 10.8. The minimum absolute atomic E-state index is 0.305. The molecule has 3 aliphatic rings. The molecule has 0 amide bonds. The Hall–Kier alpha value is -0.120. The molecule has 0 radical (unpaired) electrons. The Labute approximate surface area is 85.0 Å². The summed E-state index contributed by atoms with van der Waals surface area (Å²) < 4.78 is 6.00. The lowest BCUT2D eigenvalue weighted by Gasteiger charge is -2.73. The molecule has 0 spiro atoms. The van der Waals surface area contributed by atoms with Gasteiger partial charge in [0.25, 0.3) is 0 Å². The lowest BCUT2D eigenvalue weighted by atomic mass is 9.63. The third kappa shape index (κ3) is 0.730. The zero-order valence-corrected chi connectivity index (χ0v) is 9.05. The molecule has 3 fully saturated rings. The monoisotopic (exact) mass is 197 g/mol. The molecule has 0 unspecified atom stereocenters. The normalized spacial score (nSPS) is 57.6. The molecule has 3 saturated heterocycles. The molecule has 0 aliphatic carbocycles. The van der Waals surface area contributed by atoms with Gasteiger partial charge in [0.05, 0.1) is 0 Å². The fourth-order valence-electron chi connectivity index (χ4n) is 3.92. The van der Waals surface area contributed by atoms with Gasteiger partial charge in [-0.15, -0.1) is 0 Å². The Kier molecular flexibility index (Phi) is 1.53. The summed E-state index contributed by atoms with van der Waals surface area (Å²) in [6.45, 7) is 6.19. The summed E-state index contributed by atoms with van der Waals surface area (Å²) in [7, 11) is 0. The van der Waals surface area contributed by atoms with Crippen LogP contribution in [0.25, 0.3) is 0 Å². The summed E-state index contributed by atoms with van der Waals surface area (Å²) in [5, 5.41) is 10.8. The maximum atomic E-state index is 10.8. The fourth-order valence-corrected chi connectivity index (χ4v) is 3.92. The summed E-state index contributed by atoms with van der Waals surface area (Å²) in [4.78, 5) is 2.24. The van der Waals surface area contributed by atoms with Crippen molar-refractivity contribution in [1.82, 2.24) is 4.90 Å². The highest BCUT2D eigenvalue weighted by molar-refractivity contribution is 5.21. The van der Waals surface area contributed by atoms with Crippen LogP contribution in [0.3, 0.4) is 0 Å². The van der Waals surface area contributed by atoms with E-state index in [4.69, 9.17) is 4.74 Å². The molecule has 80 valence electrons. The summed E-state index contributed by atoms with van der Waals surface area (Å²) >= 11 is 0. The summed E-state index contributed by atoms with van der Waals surface area (Å²) in [6.07, 6.45) is 4.29. The van der Waals surface area contributed by atoms with Crippen LogP contribution in [0.15, 0.2) is 0 Å². The molecule has 1 N–H and O–H groups in total. The van der Waals surface area contributed by atoms with E-state index in [9.17, 15) is 5.11 Å². The second kappa shape index (κ2) is 2.34. The van der Waals surface area contributed by atoms with Crippen molar-refractivity contribution < 1.29 is 9.84 Å². The Bertz CT molecular complexity index is 258. The van der Waals surface area contributed by atoms with Gasteiger partial charge in [-0.3, -0.25) is 4.90 Å². The van der Waals surface area contributed by atoms with Crippen molar-refractivity contribution in [3.8, 4) is 0 Å². The molecule has 0 aromatic heterocycles. The van der Waals surface area contributed by atoms with Crippen LogP contribution < -0.4 is 0 Å². The Balaban J connectivity index is 2.03. The Morgan fingerprint density at radius 3 is 2.00 bits per heavy atom. The van der Waals surface area contributed by atoms with E-state index in [2.05, 4.69) is 18.7 Å². The van der Waals surface area contributed by atoms with Gasteiger partial charge < -0.3 is 9.84 Å². The van der Waals surface area contributed by atoms with Crippen molar-refractivity contribution in [2.45, 2.75) is 56.5 Å². The third-order valence-corrected chi connectivity index (χ3v) is 4.55. The first-order valence-electron chi connectivity index (χ1n) is 5.70. The molecule has 0 aromatic rings. The number of aliphatic hydroxyl groups is 1. The van der Waals surface area contributed by atoms with Gasteiger partial charge in [-0.1, -0.05) is 0 Å². The van der Waals surface area contributed by atoms with Gasteiger partial charge in [-0.25, -0.2) is 0 Å². The first-order valence-corrected chi connectivity index (χ1v) is 5.70. The fraction of sp³-hybridized carbons (Fsp3) is 1.00. The molecule has 3 aliphatic heterocycles.